The van der Waals surface area contributed by atoms with Crippen LogP contribution in [0.4, 0.5) is 5.69 Å². The largest absolute Gasteiger partial charge is 0.465 e. The number of esters is 1. The molecule has 1 rings (SSSR count). The van der Waals surface area contributed by atoms with Gasteiger partial charge >= 0.3 is 5.97 Å². The van der Waals surface area contributed by atoms with Gasteiger partial charge in [-0.25, -0.2) is 4.79 Å². The number of benzene rings is 1. The molecule has 6 heteroatoms. The maximum Gasteiger partial charge on any atom is 0.338 e. The Morgan fingerprint density at radius 1 is 1.53 bits per heavy atom. The minimum atomic E-state index is -0.442. The van der Waals surface area contributed by atoms with Crippen LogP contribution in [-0.2, 0) is 10.1 Å². The average Bonchev–Trinajstić information content (AvgIpc) is 2.27. The number of hydrogen-bond donors (Lipinski definition) is 0. The molecule has 0 saturated carbocycles. The Bertz CT molecular complexity index is 407. The Morgan fingerprint density at radius 3 is 2.67 bits per heavy atom. The summed E-state index contributed by atoms with van der Waals surface area (Å²) in [5, 5.41) is 3.29. The summed E-state index contributed by atoms with van der Waals surface area (Å²) >= 11 is 6.38. The first-order valence-electron chi connectivity index (χ1n) is 3.94. The summed E-state index contributed by atoms with van der Waals surface area (Å²) in [6.07, 6.45) is 0. The molecule has 0 saturated heterocycles. The average molecular weight is 337 g/mol. The summed E-state index contributed by atoms with van der Waals surface area (Å²) in [5.74, 6) is -0.442. The number of ether oxygens (including phenoxy) is 1. The van der Waals surface area contributed by atoms with Crippen molar-refractivity contribution in [3.8, 4) is 0 Å². The lowest BCUT2D eigenvalue weighted by Crippen LogP contribution is -2.04. The third-order valence-electron chi connectivity index (χ3n) is 1.82. The SMILES string of the molecule is COC(=O)c1cc(Br)c(N=O)cc1CBr. The molecule has 0 N–H and O–H groups in total. The van der Waals surface area contributed by atoms with Crippen molar-refractivity contribution in [3.05, 3.63) is 32.6 Å². The number of halogens is 2. The van der Waals surface area contributed by atoms with Crippen molar-refractivity contribution in [1.82, 2.24) is 0 Å². The number of carbonyl (C=O) groups is 1. The second-order valence-electron chi connectivity index (χ2n) is 2.68. The van der Waals surface area contributed by atoms with E-state index in [1.165, 1.54) is 19.2 Å². The summed E-state index contributed by atoms with van der Waals surface area (Å²) in [6, 6.07) is 3.07. The van der Waals surface area contributed by atoms with Gasteiger partial charge in [-0.05, 0) is 38.8 Å². The van der Waals surface area contributed by atoms with Gasteiger partial charge in [-0.15, -0.1) is 4.91 Å². The molecule has 1 aromatic rings. The molecule has 15 heavy (non-hydrogen) atoms. The first kappa shape index (κ1) is 12.3. The van der Waals surface area contributed by atoms with E-state index in [2.05, 4.69) is 41.8 Å². The topological polar surface area (TPSA) is 55.7 Å². The molecule has 0 heterocycles. The van der Waals surface area contributed by atoms with Crippen molar-refractivity contribution >= 4 is 43.5 Å². The second-order valence-corrected chi connectivity index (χ2v) is 4.09. The van der Waals surface area contributed by atoms with Gasteiger partial charge in [-0.3, -0.25) is 0 Å². The van der Waals surface area contributed by atoms with E-state index in [-0.39, 0.29) is 5.69 Å². The van der Waals surface area contributed by atoms with E-state index in [1.54, 1.807) is 0 Å². The van der Waals surface area contributed by atoms with Crippen molar-refractivity contribution in [2.75, 3.05) is 7.11 Å². The lowest BCUT2D eigenvalue weighted by molar-refractivity contribution is 0.0600. The van der Waals surface area contributed by atoms with Crippen molar-refractivity contribution in [3.63, 3.8) is 0 Å². The minimum Gasteiger partial charge on any atom is -0.465 e. The number of carbonyl (C=O) groups excluding carboxylic acids is 1. The minimum absolute atomic E-state index is 0.261. The van der Waals surface area contributed by atoms with Crippen LogP contribution < -0.4 is 0 Å². The summed E-state index contributed by atoms with van der Waals surface area (Å²) in [4.78, 5) is 21.8. The van der Waals surface area contributed by atoms with Crippen LogP contribution in [0.25, 0.3) is 0 Å². The zero-order valence-corrected chi connectivity index (χ0v) is 11.0. The molecule has 0 bridgehead atoms. The maximum atomic E-state index is 11.4. The van der Waals surface area contributed by atoms with Crippen molar-refractivity contribution in [1.29, 1.82) is 0 Å². The van der Waals surface area contributed by atoms with Gasteiger partial charge in [0, 0.05) is 9.80 Å². The number of nitrogens with zero attached hydrogens (tertiary/aromatic N) is 1. The van der Waals surface area contributed by atoms with E-state index >= 15 is 0 Å². The normalized spacial score (nSPS) is 9.80. The molecule has 0 aliphatic carbocycles. The van der Waals surface area contributed by atoms with Gasteiger partial charge in [-0.2, -0.15) is 0 Å². The highest BCUT2D eigenvalue weighted by atomic mass is 79.9. The Balaban J connectivity index is 3.33. The number of nitroso groups, excluding NO2 is 1. The van der Waals surface area contributed by atoms with Crippen LogP contribution >= 0.6 is 31.9 Å². The molecule has 0 spiro atoms. The molecule has 0 aliphatic rings. The molecule has 0 atom stereocenters. The van der Waals surface area contributed by atoms with Gasteiger partial charge in [0.15, 0.2) is 0 Å². The highest BCUT2D eigenvalue weighted by Gasteiger charge is 2.14. The van der Waals surface area contributed by atoms with Crippen LogP contribution in [0, 0.1) is 4.91 Å². The van der Waals surface area contributed by atoms with Gasteiger partial charge in [-0.1, -0.05) is 15.9 Å². The quantitative estimate of drug-likeness (QED) is 0.482. The van der Waals surface area contributed by atoms with Crippen LogP contribution in [0.5, 0.6) is 0 Å². The highest BCUT2D eigenvalue weighted by Crippen LogP contribution is 2.30. The fourth-order valence-electron chi connectivity index (χ4n) is 1.09. The summed E-state index contributed by atoms with van der Waals surface area (Å²) in [6.45, 7) is 0. The van der Waals surface area contributed by atoms with E-state index in [0.717, 1.165) is 0 Å². The number of hydrogen-bond acceptors (Lipinski definition) is 4. The van der Waals surface area contributed by atoms with E-state index in [1.807, 2.05) is 0 Å². The van der Waals surface area contributed by atoms with Gasteiger partial charge in [0.05, 0.1) is 12.7 Å². The number of alkyl halides is 1. The van der Waals surface area contributed by atoms with Crippen LogP contribution in [-0.4, -0.2) is 13.1 Å². The van der Waals surface area contributed by atoms with E-state index in [4.69, 9.17) is 0 Å². The van der Waals surface area contributed by atoms with Gasteiger partial charge < -0.3 is 4.74 Å². The van der Waals surface area contributed by atoms with Crippen molar-refractivity contribution in [2.45, 2.75) is 5.33 Å². The first-order chi connectivity index (χ1) is 7.13. The molecule has 80 valence electrons. The Morgan fingerprint density at radius 2 is 2.20 bits per heavy atom. The van der Waals surface area contributed by atoms with Crippen LogP contribution in [0.2, 0.25) is 0 Å². The molecule has 0 aromatic heterocycles. The molecule has 0 aliphatic heterocycles. The van der Waals surface area contributed by atoms with E-state index in [0.29, 0.717) is 20.9 Å². The third-order valence-corrected chi connectivity index (χ3v) is 3.06. The lowest BCUT2D eigenvalue weighted by Gasteiger charge is -2.06. The Kier molecular flexibility index (Phi) is 4.41. The highest BCUT2D eigenvalue weighted by molar-refractivity contribution is 9.10. The molecule has 1 aromatic carbocycles. The third kappa shape index (κ3) is 2.63. The molecular weight excluding hydrogens is 330 g/mol. The van der Waals surface area contributed by atoms with Crippen molar-refractivity contribution < 1.29 is 9.53 Å². The molecule has 0 amide bonds. The van der Waals surface area contributed by atoms with E-state index < -0.39 is 5.97 Å². The van der Waals surface area contributed by atoms with Gasteiger partial charge in [0.25, 0.3) is 0 Å². The lowest BCUT2D eigenvalue weighted by atomic mass is 10.1. The van der Waals surface area contributed by atoms with Crippen LogP contribution in [0.3, 0.4) is 0 Å². The molecule has 4 nitrogen and oxygen atoms in total. The summed E-state index contributed by atoms with van der Waals surface area (Å²) in [5.41, 5.74) is 1.34. The first-order valence-corrected chi connectivity index (χ1v) is 5.85. The number of rotatable bonds is 3. The monoisotopic (exact) mass is 335 g/mol. The zero-order chi connectivity index (χ0) is 11.4. The fraction of sp³-hybridized carbons (Fsp3) is 0.222. The molecule has 0 radical (unpaired) electrons. The predicted molar refractivity (Wildman–Crippen MR) is 63.6 cm³/mol. The van der Waals surface area contributed by atoms with Gasteiger partial charge in [0.1, 0.15) is 5.69 Å². The Hall–Kier alpha value is -0.750. The molecule has 0 unspecified atom stereocenters. The summed E-state index contributed by atoms with van der Waals surface area (Å²) < 4.78 is 5.09. The molecular formula is C9H7Br2NO3. The fourth-order valence-corrected chi connectivity index (χ4v) is 1.97. The maximum absolute atomic E-state index is 11.4. The second kappa shape index (κ2) is 5.37. The smallest absolute Gasteiger partial charge is 0.338 e. The van der Waals surface area contributed by atoms with Gasteiger partial charge in [0.2, 0.25) is 0 Å². The molecule has 0 fully saturated rings. The predicted octanol–water partition coefficient (Wildman–Crippen LogP) is 3.53. The van der Waals surface area contributed by atoms with Crippen molar-refractivity contribution in [2.24, 2.45) is 5.18 Å². The Labute approximate surface area is 103 Å². The van der Waals surface area contributed by atoms with E-state index in [9.17, 15) is 9.70 Å². The standard InChI is InChI=1S/C9H7Br2NO3/c1-15-9(13)6-3-7(11)8(12-14)2-5(6)4-10/h2-3H,4H2,1H3. The van der Waals surface area contributed by atoms with Crippen LogP contribution in [0.15, 0.2) is 21.8 Å². The van der Waals surface area contributed by atoms with Crippen LogP contribution in [0.1, 0.15) is 15.9 Å². The number of methoxy groups -OCH3 is 1. The zero-order valence-electron chi connectivity index (χ0n) is 7.79. The summed E-state index contributed by atoms with van der Waals surface area (Å²) in [7, 11) is 1.31.